The highest BCUT2D eigenvalue weighted by atomic mass is 16.4. The summed E-state index contributed by atoms with van der Waals surface area (Å²) in [4.78, 5) is 37.5. The maximum Gasteiger partial charge on any atom is 0.326 e. The van der Waals surface area contributed by atoms with Crippen molar-refractivity contribution >= 4 is 17.5 Å². The molecule has 0 radical (unpaired) electrons. The largest absolute Gasteiger partial charge is 0.480 e. The fourth-order valence-electron chi connectivity index (χ4n) is 6.35. The first-order valence-corrected chi connectivity index (χ1v) is 12.1. The average Bonchev–Trinajstić information content (AvgIpc) is 2.70. The van der Waals surface area contributed by atoms with Gasteiger partial charge in [0.2, 0.25) is 5.78 Å². The molecule has 0 saturated heterocycles. The van der Waals surface area contributed by atoms with Crippen molar-refractivity contribution < 1.29 is 19.5 Å². The van der Waals surface area contributed by atoms with E-state index in [2.05, 4.69) is 39.1 Å². The van der Waals surface area contributed by atoms with E-state index in [1.807, 2.05) is 13.8 Å². The summed E-state index contributed by atoms with van der Waals surface area (Å²) in [5.41, 5.74) is 2.19. The average molecular weight is 442 g/mol. The van der Waals surface area contributed by atoms with E-state index in [1.165, 1.54) is 24.1 Å². The van der Waals surface area contributed by atoms with Crippen LogP contribution in [-0.2, 0) is 14.4 Å². The van der Waals surface area contributed by atoms with Crippen molar-refractivity contribution in [2.75, 3.05) is 0 Å². The Hall–Kier alpha value is -2.17. The van der Waals surface area contributed by atoms with Crippen molar-refractivity contribution in [3.05, 3.63) is 35.1 Å². The van der Waals surface area contributed by atoms with Crippen LogP contribution < -0.4 is 5.32 Å². The molecule has 0 amide bonds. The Morgan fingerprint density at radius 2 is 1.88 bits per heavy atom. The van der Waals surface area contributed by atoms with Crippen LogP contribution in [0.4, 0.5) is 0 Å². The number of ketones is 2. The third-order valence-electron chi connectivity index (χ3n) is 8.66. The molecule has 32 heavy (non-hydrogen) atoms. The predicted molar refractivity (Wildman–Crippen MR) is 126 cm³/mol. The maximum absolute atomic E-state index is 13.1. The second-order valence-electron chi connectivity index (χ2n) is 11.2. The molecule has 3 aliphatic carbocycles. The normalized spacial score (nSPS) is 33.8. The molecule has 0 spiro atoms. The molecular weight excluding hydrogens is 402 g/mol. The summed E-state index contributed by atoms with van der Waals surface area (Å²) in [7, 11) is 0. The Morgan fingerprint density at radius 1 is 1.19 bits per heavy atom. The zero-order valence-corrected chi connectivity index (χ0v) is 20.5. The highest BCUT2D eigenvalue weighted by Gasteiger charge is 2.53. The Morgan fingerprint density at radius 3 is 2.50 bits per heavy atom. The number of carboxylic acid groups (broad SMARTS) is 1. The molecule has 2 N–H and O–H groups in total. The van der Waals surface area contributed by atoms with E-state index in [9.17, 15) is 19.5 Å². The van der Waals surface area contributed by atoms with Gasteiger partial charge in [0.25, 0.3) is 0 Å². The van der Waals surface area contributed by atoms with Gasteiger partial charge in [0.05, 0.1) is 5.70 Å². The van der Waals surface area contributed by atoms with Gasteiger partial charge in [0.15, 0.2) is 5.78 Å². The predicted octanol–water partition coefficient (Wildman–Crippen LogP) is 5.23. The molecule has 1 saturated carbocycles. The molecule has 0 aromatic heterocycles. The number of fused-ring (bicyclic) bond motifs is 1. The van der Waals surface area contributed by atoms with Crippen LogP contribution in [0.2, 0.25) is 0 Å². The van der Waals surface area contributed by atoms with E-state index < -0.39 is 12.0 Å². The molecule has 4 unspecified atom stereocenters. The van der Waals surface area contributed by atoms with E-state index in [1.54, 1.807) is 0 Å². The van der Waals surface area contributed by atoms with E-state index in [0.717, 1.165) is 19.3 Å². The van der Waals surface area contributed by atoms with Gasteiger partial charge >= 0.3 is 5.97 Å². The first kappa shape index (κ1) is 24.5. The zero-order valence-electron chi connectivity index (χ0n) is 20.5. The summed E-state index contributed by atoms with van der Waals surface area (Å²) < 4.78 is 0. The van der Waals surface area contributed by atoms with Crippen molar-refractivity contribution in [2.24, 2.45) is 28.6 Å². The van der Waals surface area contributed by atoms with Crippen molar-refractivity contribution in [2.45, 2.75) is 86.1 Å². The number of allylic oxidation sites excluding steroid dienone is 5. The molecule has 3 rings (SSSR count). The van der Waals surface area contributed by atoms with Crippen molar-refractivity contribution in [1.82, 2.24) is 5.32 Å². The summed E-state index contributed by atoms with van der Waals surface area (Å²) >= 11 is 0. The number of nitrogens with one attached hydrogen (secondary N) is 1. The minimum absolute atomic E-state index is 0.0652. The molecular formula is C27H39NO4. The van der Waals surface area contributed by atoms with Crippen LogP contribution in [0.5, 0.6) is 0 Å². The topological polar surface area (TPSA) is 83.5 Å². The number of carbonyl (C=O) groups excluding carboxylic acids is 2. The molecule has 0 bridgehead atoms. The second-order valence-corrected chi connectivity index (χ2v) is 11.2. The molecule has 5 atom stereocenters. The Balaban J connectivity index is 1.82. The minimum Gasteiger partial charge on any atom is -0.480 e. The molecule has 0 aromatic carbocycles. The smallest absolute Gasteiger partial charge is 0.326 e. The summed E-state index contributed by atoms with van der Waals surface area (Å²) in [6.45, 7) is 13.1. The SMILES string of the molecule is CC1=CCCC2C1(C)CCC(C)[C@@]2(C)CC1=CC(=O)C(NC(CC(C)C)C(=O)O)=CC1=O. The zero-order chi connectivity index (χ0) is 23.8. The first-order valence-electron chi connectivity index (χ1n) is 12.1. The van der Waals surface area contributed by atoms with Gasteiger partial charge in [-0.2, -0.15) is 0 Å². The van der Waals surface area contributed by atoms with Gasteiger partial charge in [0, 0.05) is 11.6 Å². The summed E-state index contributed by atoms with van der Waals surface area (Å²) in [5.74, 6) is -0.411. The summed E-state index contributed by atoms with van der Waals surface area (Å²) in [6.07, 6.45) is 10.6. The van der Waals surface area contributed by atoms with Gasteiger partial charge in [-0.3, -0.25) is 9.59 Å². The Labute approximate surface area is 192 Å². The van der Waals surface area contributed by atoms with Gasteiger partial charge in [-0.15, -0.1) is 0 Å². The number of aliphatic carboxylic acids is 1. The van der Waals surface area contributed by atoms with Crippen LogP contribution in [0.25, 0.3) is 0 Å². The van der Waals surface area contributed by atoms with Crippen LogP contribution in [-0.4, -0.2) is 28.7 Å². The first-order chi connectivity index (χ1) is 14.9. The van der Waals surface area contributed by atoms with Gasteiger partial charge in [-0.25, -0.2) is 4.79 Å². The summed E-state index contributed by atoms with van der Waals surface area (Å²) in [6, 6.07) is -0.887. The second kappa shape index (κ2) is 8.99. The van der Waals surface area contributed by atoms with Crippen LogP contribution in [0.15, 0.2) is 35.1 Å². The minimum atomic E-state index is -1.02. The fourth-order valence-corrected chi connectivity index (χ4v) is 6.35. The molecule has 0 heterocycles. The summed E-state index contributed by atoms with van der Waals surface area (Å²) in [5, 5.41) is 12.3. The van der Waals surface area contributed by atoms with E-state index in [4.69, 9.17) is 0 Å². The number of hydrogen-bond acceptors (Lipinski definition) is 4. The number of carbonyl (C=O) groups is 3. The molecule has 3 aliphatic rings. The standard InChI is InChI=1S/C27H39NO4/c1-16(2)12-21(25(31)32)28-20-14-22(29)19(13-23(20)30)15-27(6)18(4)10-11-26(5)17(3)8-7-9-24(26)27/h8,13-14,16,18,21,24,28H,7,9-12,15H2,1-6H3,(H,31,32)/t18?,21?,24?,26?,27-/m1/s1. The van der Waals surface area contributed by atoms with Gasteiger partial charge < -0.3 is 10.4 Å². The quantitative estimate of drug-likeness (QED) is 0.418. The highest BCUT2D eigenvalue weighted by molar-refractivity contribution is 6.19. The van der Waals surface area contributed by atoms with E-state index in [-0.39, 0.29) is 34.0 Å². The lowest BCUT2D eigenvalue weighted by Crippen LogP contribution is -2.50. The molecule has 0 aliphatic heterocycles. The van der Waals surface area contributed by atoms with Crippen LogP contribution in [0.1, 0.15) is 80.1 Å². The molecule has 5 heteroatoms. The van der Waals surface area contributed by atoms with Crippen molar-refractivity contribution in [3.8, 4) is 0 Å². The lowest BCUT2D eigenvalue weighted by Gasteiger charge is -2.58. The molecule has 1 fully saturated rings. The number of hydrogen-bond donors (Lipinski definition) is 2. The van der Waals surface area contributed by atoms with Gasteiger partial charge in [0.1, 0.15) is 6.04 Å². The van der Waals surface area contributed by atoms with Crippen LogP contribution in [0, 0.1) is 28.6 Å². The maximum atomic E-state index is 13.1. The van der Waals surface area contributed by atoms with Crippen molar-refractivity contribution in [1.29, 1.82) is 0 Å². The Kier molecular flexibility index (Phi) is 6.88. The molecule has 0 aromatic rings. The Bertz CT molecular complexity index is 895. The monoisotopic (exact) mass is 441 g/mol. The van der Waals surface area contributed by atoms with Gasteiger partial charge in [-0.05, 0) is 80.1 Å². The van der Waals surface area contributed by atoms with Gasteiger partial charge in [-0.1, -0.05) is 46.3 Å². The molecule has 176 valence electrons. The third kappa shape index (κ3) is 4.49. The van der Waals surface area contributed by atoms with Crippen molar-refractivity contribution in [3.63, 3.8) is 0 Å². The van der Waals surface area contributed by atoms with E-state index in [0.29, 0.717) is 30.3 Å². The third-order valence-corrected chi connectivity index (χ3v) is 8.66. The van der Waals surface area contributed by atoms with Crippen LogP contribution >= 0.6 is 0 Å². The lowest BCUT2D eigenvalue weighted by atomic mass is 9.46. The lowest BCUT2D eigenvalue weighted by molar-refractivity contribution is -0.139. The van der Waals surface area contributed by atoms with Crippen LogP contribution in [0.3, 0.4) is 0 Å². The number of rotatable bonds is 7. The number of carboxylic acids is 1. The fraction of sp³-hybridized carbons (Fsp3) is 0.667. The highest BCUT2D eigenvalue weighted by Crippen LogP contribution is 2.62. The molecule has 5 nitrogen and oxygen atoms in total. The van der Waals surface area contributed by atoms with E-state index >= 15 is 0 Å².